The number of aliphatic hydroxyl groups is 1. The fourth-order valence-electron chi connectivity index (χ4n) is 1.05. The van der Waals surface area contributed by atoms with Crippen LogP contribution in [0.3, 0.4) is 0 Å². The fraction of sp³-hybridized carbons (Fsp3) is 0.273. The molecule has 0 radical (unpaired) electrons. The SMILES string of the molecule is CC(O)CNC(=O)C(=O)c1ccc(Br)cc1. The van der Waals surface area contributed by atoms with Gasteiger partial charge in [-0.05, 0) is 31.2 Å². The van der Waals surface area contributed by atoms with Gasteiger partial charge in [0.05, 0.1) is 6.10 Å². The Morgan fingerprint density at radius 2 is 1.94 bits per heavy atom. The van der Waals surface area contributed by atoms with Crippen LogP contribution in [0.2, 0.25) is 0 Å². The van der Waals surface area contributed by atoms with Crippen LogP contribution in [0.15, 0.2) is 28.7 Å². The largest absolute Gasteiger partial charge is 0.392 e. The number of hydrogen-bond acceptors (Lipinski definition) is 3. The number of nitrogens with one attached hydrogen (secondary N) is 1. The molecule has 0 saturated heterocycles. The lowest BCUT2D eigenvalue weighted by atomic mass is 10.1. The molecule has 16 heavy (non-hydrogen) atoms. The number of aliphatic hydroxyl groups excluding tert-OH is 1. The maximum atomic E-state index is 11.6. The van der Waals surface area contributed by atoms with Crippen LogP contribution in [0.25, 0.3) is 0 Å². The highest BCUT2D eigenvalue weighted by molar-refractivity contribution is 9.10. The summed E-state index contributed by atoms with van der Waals surface area (Å²) in [7, 11) is 0. The quantitative estimate of drug-likeness (QED) is 0.644. The van der Waals surface area contributed by atoms with Gasteiger partial charge in [0, 0.05) is 16.6 Å². The predicted octanol–water partition coefficient (Wildman–Crippen LogP) is 1.13. The molecule has 4 nitrogen and oxygen atoms in total. The molecule has 0 aliphatic carbocycles. The van der Waals surface area contributed by atoms with Gasteiger partial charge >= 0.3 is 0 Å². The zero-order chi connectivity index (χ0) is 12.1. The molecule has 0 heterocycles. The molecular formula is C11H12BrNO3. The number of carbonyl (C=O) groups excluding carboxylic acids is 2. The second kappa shape index (κ2) is 5.77. The van der Waals surface area contributed by atoms with Crippen LogP contribution in [0, 0.1) is 0 Å². The number of ketones is 1. The van der Waals surface area contributed by atoms with Crippen LogP contribution < -0.4 is 5.32 Å². The zero-order valence-electron chi connectivity index (χ0n) is 8.74. The fourth-order valence-corrected chi connectivity index (χ4v) is 1.32. The van der Waals surface area contributed by atoms with E-state index in [2.05, 4.69) is 21.2 Å². The summed E-state index contributed by atoms with van der Waals surface area (Å²) in [5.74, 6) is -1.31. The highest BCUT2D eigenvalue weighted by Crippen LogP contribution is 2.10. The minimum Gasteiger partial charge on any atom is -0.392 e. The molecule has 1 amide bonds. The van der Waals surface area contributed by atoms with Crippen molar-refractivity contribution in [2.75, 3.05) is 6.54 Å². The summed E-state index contributed by atoms with van der Waals surface area (Å²) in [6, 6.07) is 6.51. The van der Waals surface area contributed by atoms with E-state index in [1.54, 1.807) is 24.3 Å². The highest BCUT2D eigenvalue weighted by Gasteiger charge is 2.15. The summed E-state index contributed by atoms with van der Waals surface area (Å²) < 4.78 is 0.841. The maximum absolute atomic E-state index is 11.6. The van der Waals surface area contributed by atoms with E-state index in [0.717, 1.165) is 4.47 Å². The van der Waals surface area contributed by atoms with E-state index in [1.807, 2.05) is 0 Å². The standard InChI is InChI=1S/C11H12BrNO3/c1-7(14)6-13-11(16)10(15)8-2-4-9(12)5-3-8/h2-5,7,14H,6H2,1H3,(H,13,16). The van der Waals surface area contributed by atoms with Gasteiger partial charge in [0.25, 0.3) is 5.91 Å². The first-order valence-electron chi connectivity index (χ1n) is 4.77. The molecule has 0 spiro atoms. The first-order chi connectivity index (χ1) is 7.50. The smallest absolute Gasteiger partial charge is 0.292 e. The van der Waals surface area contributed by atoms with E-state index in [9.17, 15) is 9.59 Å². The Hall–Kier alpha value is -1.20. The molecular weight excluding hydrogens is 274 g/mol. The van der Waals surface area contributed by atoms with E-state index in [1.165, 1.54) is 6.92 Å². The molecule has 1 aromatic rings. The predicted molar refractivity (Wildman–Crippen MR) is 63.2 cm³/mol. The Morgan fingerprint density at radius 3 is 2.44 bits per heavy atom. The molecule has 0 aliphatic rings. The molecule has 5 heteroatoms. The molecule has 1 atom stereocenters. The highest BCUT2D eigenvalue weighted by atomic mass is 79.9. The van der Waals surface area contributed by atoms with Gasteiger partial charge < -0.3 is 10.4 Å². The number of benzene rings is 1. The van der Waals surface area contributed by atoms with Crippen molar-refractivity contribution >= 4 is 27.6 Å². The lowest BCUT2D eigenvalue weighted by molar-refractivity contribution is -0.117. The van der Waals surface area contributed by atoms with E-state index in [4.69, 9.17) is 5.11 Å². The van der Waals surface area contributed by atoms with Gasteiger partial charge in [0.2, 0.25) is 5.78 Å². The Labute approximate surface area is 102 Å². The van der Waals surface area contributed by atoms with Crippen molar-refractivity contribution in [2.24, 2.45) is 0 Å². The second-order valence-corrected chi connectivity index (χ2v) is 4.31. The summed E-state index contributed by atoms with van der Waals surface area (Å²) in [5, 5.41) is 11.3. The van der Waals surface area contributed by atoms with Crippen molar-refractivity contribution in [3.05, 3.63) is 34.3 Å². The van der Waals surface area contributed by atoms with E-state index < -0.39 is 17.8 Å². The molecule has 0 bridgehead atoms. The van der Waals surface area contributed by atoms with Gasteiger partial charge in [0.1, 0.15) is 0 Å². The van der Waals surface area contributed by atoms with Gasteiger partial charge in [-0.25, -0.2) is 0 Å². The van der Waals surface area contributed by atoms with Crippen LogP contribution in [0.5, 0.6) is 0 Å². The summed E-state index contributed by atoms with van der Waals surface area (Å²) in [6.45, 7) is 1.60. The minimum absolute atomic E-state index is 0.0705. The summed E-state index contributed by atoms with van der Waals surface area (Å²) >= 11 is 3.24. The van der Waals surface area contributed by atoms with Crippen molar-refractivity contribution < 1.29 is 14.7 Å². The number of rotatable bonds is 4. The van der Waals surface area contributed by atoms with Crippen LogP contribution in [-0.2, 0) is 4.79 Å². The molecule has 0 saturated carbocycles. The first-order valence-corrected chi connectivity index (χ1v) is 5.56. The normalized spacial score (nSPS) is 11.9. The number of amides is 1. The molecule has 86 valence electrons. The Kier molecular flexibility index (Phi) is 4.64. The maximum Gasteiger partial charge on any atom is 0.292 e. The number of hydrogen-bond donors (Lipinski definition) is 2. The third kappa shape index (κ3) is 3.75. The van der Waals surface area contributed by atoms with Crippen LogP contribution >= 0.6 is 15.9 Å². The molecule has 0 aliphatic heterocycles. The van der Waals surface area contributed by atoms with Crippen molar-refractivity contribution in [1.29, 1.82) is 0 Å². The third-order valence-electron chi connectivity index (χ3n) is 1.87. The van der Waals surface area contributed by atoms with Gasteiger partial charge in [-0.3, -0.25) is 9.59 Å². The van der Waals surface area contributed by atoms with Crippen molar-refractivity contribution in [2.45, 2.75) is 13.0 Å². The van der Waals surface area contributed by atoms with E-state index >= 15 is 0 Å². The van der Waals surface area contributed by atoms with Gasteiger partial charge in [-0.15, -0.1) is 0 Å². The zero-order valence-corrected chi connectivity index (χ0v) is 10.3. The monoisotopic (exact) mass is 285 g/mol. The Bertz CT molecular complexity index is 387. The number of carbonyl (C=O) groups is 2. The topological polar surface area (TPSA) is 66.4 Å². The second-order valence-electron chi connectivity index (χ2n) is 3.40. The minimum atomic E-state index is -0.705. The summed E-state index contributed by atoms with van der Waals surface area (Å²) in [6.07, 6.45) is -0.665. The van der Waals surface area contributed by atoms with Crippen molar-refractivity contribution in [3.63, 3.8) is 0 Å². The average Bonchev–Trinajstić information content (AvgIpc) is 2.26. The molecule has 1 rings (SSSR count). The third-order valence-corrected chi connectivity index (χ3v) is 2.40. The molecule has 1 unspecified atom stereocenters. The van der Waals surface area contributed by atoms with Crippen LogP contribution in [0.4, 0.5) is 0 Å². The van der Waals surface area contributed by atoms with Crippen LogP contribution in [-0.4, -0.2) is 29.4 Å². The van der Waals surface area contributed by atoms with Crippen LogP contribution in [0.1, 0.15) is 17.3 Å². The van der Waals surface area contributed by atoms with E-state index in [0.29, 0.717) is 5.56 Å². The summed E-state index contributed by atoms with van der Waals surface area (Å²) in [4.78, 5) is 22.9. The summed E-state index contributed by atoms with van der Waals surface area (Å²) in [5.41, 5.74) is 0.325. The molecule has 1 aromatic carbocycles. The first kappa shape index (κ1) is 12.9. The Morgan fingerprint density at radius 1 is 1.38 bits per heavy atom. The van der Waals surface area contributed by atoms with Crippen molar-refractivity contribution in [1.82, 2.24) is 5.32 Å². The van der Waals surface area contributed by atoms with E-state index in [-0.39, 0.29) is 6.54 Å². The average molecular weight is 286 g/mol. The number of Topliss-reactive ketones (excluding diaryl/α,β-unsaturated/α-hetero) is 1. The molecule has 0 aromatic heterocycles. The number of halogens is 1. The van der Waals surface area contributed by atoms with Crippen molar-refractivity contribution in [3.8, 4) is 0 Å². The lowest BCUT2D eigenvalue weighted by Crippen LogP contribution is -2.35. The molecule has 0 fully saturated rings. The van der Waals surface area contributed by atoms with Gasteiger partial charge in [0.15, 0.2) is 0 Å². The van der Waals surface area contributed by atoms with Gasteiger partial charge in [-0.1, -0.05) is 15.9 Å². The molecule has 2 N–H and O–H groups in total. The Balaban J connectivity index is 2.64. The van der Waals surface area contributed by atoms with Gasteiger partial charge in [-0.2, -0.15) is 0 Å². The lowest BCUT2D eigenvalue weighted by Gasteiger charge is -2.06.